The van der Waals surface area contributed by atoms with Crippen LogP contribution in [0, 0.1) is 0 Å². The van der Waals surface area contributed by atoms with Crippen molar-refractivity contribution in [1.29, 1.82) is 0 Å². The topological polar surface area (TPSA) is 95.2 Å². The van der Waals surface area contributed by atoms with Crippen molar-refractivity contribution in [2.75, 3.05) is 12.5 Å². The van der Waals surface area contributed by atoms with Crippen molar-refractivity contribution in [2.45, 2.75) is 6.18 Å². The average Bonchev–Trinajstić information content (AvgIpc) is 2.46. The lowest BCUT2D eigenvalue weighted by molar-refractivity contribution is -0.138. The zero-order valence-corrected chi connectivity index (χ0v) is 10.7. The number of nitrogen functional groups attached to an aromatic ring is 1. The summed E-state index contributed by atoms with van der Waals surface area (Å²) >= 11 is 0. The van der Waals surface area contributed by atoms with Gasteiger partial charge in [-0.3, -0.25) is 5.43 Å². The Labute approximate surface area is 116 Å². The van der Waals surface area contributed by atoms with Gasteiger partial charge in [0.05, 0.1) is 12.7 Å². The van der Waals surface area contributed by atoms with Gasteiger partial charge in [0.25, 0.3) is 0 Å². The quantitative estimate of drug-likeness (QED) is 0.658. The zero-order chi connectivity index (χ0) is 15.5. The molecule has 0 radical (unpaired) electrons. The minimum atomic E-state index is -4.57. The van der Waals surface area contributed by atoms with Gasteiger partial charge in [-0.1, -0.05) is 12.1 Å². The summed E-state index contributed by atoms with van der Waals surface area (Å²) in [4.78, 5) is 11.1. The number of hydrogen-bond acceptors (Lipinski definition) is 7. The molecule has 2 aromatic rings. The summed E-state index contributed by atoms with van der Waals surface area (Å²) in [6.07, 6.45) is -4.57. The Morgan fingerprint density at radius 1 is 1.10 bits per heavy atom. The molecule has 2 rings (SSSR count). The van der Waals surface area contributed by atoms with E-state index in [1.807, 2.05) is 0 Å². The number of hydrogen-bond donors (Lipinski definition) is 2. The molecule has 0 aliphatic carbocycles. The van der Waals surface area contributed by atoms with Gasteiger partial charge >= 0.3 is 18.2 Å². The van der Waals surface area contributed by atoms with Crippen molar-refractivity contribution in [3.05, 3.63) is 29.8 Å². The number of rotatable bonds is 4. The molecular formula is C11H10F3N5O2. The molecule has 1 aromatic heterocycles. The van der Waals surface area contributed by atoms with E-state index >= 15 is 0 Å². The van der Waals surface area contributed by atoms with Crippen LogP contribution >= 0.6 is 0 Å². The highest BCUT2D eigenvalue weighted by molar-refractivity contribution is 5.38. The van der Waals surface area contributed by atoms with E-state index in [9.17, 15) is 13.2 Å². The molecule has 1 heterocycles. The van der Waals surface area contributed by atoms with E-state index in [0.29, 0.717) is 0 Å². The van der Waals surface area contributed by atoms with Crippen molar-refractivity contribution < 1.29 is 22.6 Å². The molecule has 7 nitrogen and oxygen atoms in total. The maximum atomic E-state index is 12.9. The van der Waals surface area contributed by atoms with Crippen LogP contribution < -0.4 is 20.7 Å². The first kappa shape index (κ1) is 14.8. The first-order valence-electron chi connectivity index (χ1n) is 5.55. The SMILES string of the molecule is COc1nc(NN)nc(Oc2ccccc2C(F)(F)F)n1. The van der Waals surface area contributed by atoms with E-state index in [1.54, 1.807) is 0 Å². The number of methoxy groups -OCH3 is 1. The summed E-state index contributed by atoms with van der Waals surface area (Å²) in [6, 6.07) is 4.13. The van der Waals surface area contributed by atoms with Crippen LogP contribution in [0.3, 0.4) is 0 Å². The predicted octanol–water partition coefficient (Wildman–Crippen LogP) is 1.98. The molecule has 0 unspecified atom stereocenters. The van der Waals surface area contributed by atoms with E-state index in [4.69, 9.17) is 15.3 Å². The fourth-order valence-corrected chi connectivity index (χ4v) is 1.43. The number of ether oxygens (including phenoxy) is 2. The van der Waals surface area contributed by atoms with Crippen molar-refractivity contribution in [2.24, 2.45) is 5.84 Å². The third kappa shape index (κ3) is 3.48. The summed E-state index contributed by atoms with van der Waals surface area (Å²) in [5.41, 5.74) is 1.18. The normalized spacial score (nSPS) is 11.1. The monoisotopic (exact) mass is 301 g/mol. The Kier molecular flexibility index (Phi) is 4.08. The van der Waals surface area contributed by atoms with E-state index < -0.39 is 17.5 Å². The number of nitrogens with zero attached hydrogens (tertiary/aromatic N) is 3. The first-order chi connectivity index (χ1) is 9.94. The lowest BCUT2D eigenvalue weighted by Crippen LogP contribution is -2.13. The summed E-state index contributed by atoms with van der Waals surface area (Å²) in [5.74, 6) is 4.59. The molecule has 0 fully saturated rings. The number of anilines is 1. The third-order valence-corrected chi connectivity index (χ3v) is 2.30. The van der Waals surface area contributed by atoms with E-state index in [1.165, 1.54) is 19.2 Å². The number of benzene rings is 1. The lowest BCUT2D eigenvalue weighted by atomic mass is 10.2. The van der Waals surface area contributed by atoms with Gasteiger partial charge in [0.2, 0.25) is 5.95 Å². The fourth-order valence-electron chi connectivity index (χ4n) is 1.43. The maximum absolute atomic E-state index is 12.9. The highest BCUT2D eigenvalue weighted by Crippen LogP contribution is 2.37. The van der Waals surface area contributed by atoms with Crippen LogP contribution in [-0.2, 0) is 6.18 Å². The second-order valence-electron chi connectivity index (χ2n) is 3.67. The molecule has 0 bridgehead atoms. The van der Waals surface area contributed by atoms with Crippen LogP contribution in [0.15, 0.2) is 24.3 Å². The van der Waals surface area contributed by atoms with Crippen LogP contribution in [0.4, 0.5) is 19.1 Å². The van der Waals surface area contributed by atoms with Gasteiger partial charge in [-0.05, 0) is 12.1 Å². The van der Waals surface area contributed by atoms with Crippen LogP contribution in [-0.4, -0.2) is 22.1 Å². The molecule has 21 heavy (non-hydrogen) atoms. The number of aromatic nitrogens is 3. The van der Waals surface area contributed by atoms with E-state index in [-0.39, 0.29) is 18.0 Å². The molecule has 112 valence electrons. The van der Waals surface area contributed by atoms with Gasteiger partial charge in [-0.15, -0.1) is 4.98 Å². The minimum absolute atomic E-state index is 0.110. The van der Waals surface area contributed by atoms with Crippen molar-refractivity contribution in [3.63, 3.8) is 0 Å². The molecule has 1 aromatic carbocycles. The molecule has 0 amide bonds. The second kappa shape index (κ2) is 5.79. The summed E-state index contributed by atoms with van der Waals surface area (Å²) in [5, 5.41) is 0. The second-order valence-corrected chi connectivity index (χ2v) is 3.67. The Balaban J connectivity index is 2.39. The van der Waals surface area contributed by atoms with Crippen molar-refractivity contribution in [1.82, 2.24) is 15.0 Å². The molecule has 0 atom stereocenters. The van der Waals surface area contributed by atoms with Crippen LogP contribution in [0.1, 0.15) is 5.56 Å². The first-order valence-corrected chi connectivity index (χ1v) is 5.55. The Bertz CT molecular complexity index is 613. The van der Waals surface area contributed by atoms with Gasteiger partial charge in [0, 0.05) is 0 Å². The Hall–Kier alpha value is -2.62. The Morgan fingerprint density at radius 2 is 1.76 bits per heavy atom. The largest absolute Gasteiger partial charge is 0.467 e. The lowest BCUT2D eigenvalue weighted by Gasteiger charge is -2.12. The third-order valence-electron chi connectivity index (χ3n) is 2.30. The molecule has 0 spiro atoms. The molecule has 3 N–H and O–H groups in total. The summed E-state index contributed by atoms with van der Waals surface area (Å²) < 4.78 is 48.4. The molecule has 0 aliphatic heterocycles. The van der Waals surface area contributed by atoms with Crippen LogP contribution in [0.5, 0.6) is 17.8 Å². The molecule has 0 saturated carbocycles. The Morgan fingerprint density at radius 3 is 2.38 bits per heavy atom. The zero-order valence-electron chi connectivity index (χ0n) is 10.7. The van der Waals surface area contributed by atoms with Crippen LogP contribution in [0.25, 0.3) is 0 Å². The van der Waals surface area contributed by atoms with Gasteiger partial charge in [0.1, 0.15) is 5.75 Å². The molecular weight excluding hydrogens is 291 g/mol. The average molecular weight is 301 g/mol. The highest BCUT2D eigenvalue weighted by atomic mass is 19.4. The maximum Gasteiger partial charge on any atom is 0.419 e. The summed E-state index contributed by atoms with van der Waals surface area (Å²) in [6.45, 7) is 0. The highest BCUT2D eigenvalue weighted by Gasteiger charge is 2.34. The van der Waals surface area contributed by atoms with Gasteiger partial charge in [0.15, 0.2) is 0 Å². The standard InChI is InChI=1S/C11H10F3N5O2/c1-20-9-16-8(19-15)17-10(18-9)21-7-5-3-2-4-6(7)11(12,13)14/h2-5H,15H2,1H3,(H,16,17,18,19). The van der Waals surface area contributed by atoms with Gasteiger partial charge < -0.3 is 9.47 Å². The van der Waals surface area contributed by atoms with Crippen molar-refractivity contribution >= 4 is 5.95 Å². The molecule has 0 aliphatic rings. The van der Waals surface area contributed by atoms with E-state index in [2.05, 4.69) is 20.4 Å². The van der Waals surface area contributed by atoms with Crippen LogP contribution in [0.2, 0.25) is 0 Å². The van der Waals surface area contributed by atoms with E-state index in [0.717, 1.165) is 12.1 Å². The number of nitrogens with two attached hydrogens (primary N) is 1. The van der Waals surface area contributed by atoms with Gasteiger partial charge in [-0.25, -0.2) is 5.84 Å². The minimum Gasteiger partial charge on any atom is -0.467 e. The number of halogens is 3. The number of para-hydroxylation sites is 1. The number of hydrazine groups is 1. The summed E-state index contributed by atoms with van der Waals surface area (Å²) in [7, 11) is 1.28. The molecule has 0 saturated heterocycles. The number of alkyl halides is 3. The smallest absolute Gasteiger partial charge is 0.419 e. The number of nitrogens with one attached hydrogen (secondary N) is 1. The van der Waals surface area contributed by atoms with Crippen molar-refractivity contribution in [3.8, 4) is 17.8 Å². The van der Waals surface area contributed by atoms with Gasteiger partial charge in [-0.2, -0.15) is 23.1 Å². The predicted molar refractivity (Wildman–Crippen MR) is 65.7 cm³/mol. The molecule has 10 heteroatoms. The fraction of sp³-hybridized carbons (Fsp3) is 0.182.